The molecule has 0 aliphatic heterocycles. The van der Waals surface area contributed by atoms with Gasteiger partial charge in [-0.25, -0.2) is 0 Å². The van der Waals surface area contributed by atoms with Crippen LogP contribution in [0.1, 0.15) is 0 Å². The number of hydrogen-bond donors (Lipinski definition) is 4. The van der Waals surface area contributed by atoms with E-state index >= 15 is 0 Å². The van der Waals surface area contributed by atoms with E-state index in [9.17, 15) is 9.59 Å². The number of primary amides is 1. The fourth-order valence-electron chi connectivity index (χ4n) is 0.466. The maximum absolute atomic E-state index is 10.5. The lowest BCUT2D eigenvalue weighted by Crippen LogP contribution is -2.44. The summed E-state index contributed by atoms with van der Waals surface area (Å²) in [4.78, 5) is 20.5. The predicted molar refractivity (Wildman–Crippen MR) is 42.5 cm³/mol. The fourth-order valence-corrected chi connectivity index (χ4v) is 0.775. The molecule has 0 rings (SSSR count). The van der Waals surface area contributed by atoms with E-state index in [2.05, 4.69) is 17.9 Å². The third-order valence-electron chi connectivity index (χ3n) is 1.03. The third kappa shape index (κ3) is 4.63. The van der Waals surface area contributed by atoms with Gasteiger partial charge in [0.15, 0.2) is 0 Å². The van der Waals surface area contributed by atoms with Gasteiger partial charge in [-0.15, -0.1) is 0 Å². The smallest absolute Gasteiger partial charge is 0.317 e. The van der Waals surface area contributed by atoms with Crippen LogP contribution in [0.5, 0.6) is 0 Å². The first-order valence-electron chi connectivity index (χ1n) is 2.93. The van der Waals surface area contributed by atoms with Gasteiger partial charge >= 0.3 is 5.97 Å². The molecule has 11 heavy (non-hydrogen) atoms. The van der Waals surface area contributed by atoms with Crippen LogP contribution in [-0.2, 0) is 9.59 Å². The second kappa shape index (κ2) is 4.97. The van der Waals surface area contributed by atoms with Crippen molar-refractivity contribution in [2.24, 2.45) is 5.73 Å². The summed E-state index contributed by atoms with van der Waals surface area (Å²) >= 11 is 3.80. The molecule has 1 atom stereocenters. The van der Waals surface area contributed by atoms with E-state index < -0.39 is 17.9 Å². The Hall–Kier alpha value is -0.750. The molecule has 0 spiro atoms. The molecule has 1 amide bonds. The number of amides is 1. The topological polar surface area (TPSA) is 92.4 Å². The first kappa shape index (κ1) is 10.2. The molecule has 0 heterocycles. The lowest BCUT2D eigenvalue weighted by molar-refractivity contribution is -0.136. The van der Waals surface area contributed by atoms with Gasteiger partial charge in [0, 0.05) is 5.75 Å². The van der Waals surface area contributed by atoms with Crippen LogP contribution >= 0.6 is 12.6 Å². The molecule has 0 fully saturated rings. The van der Waals surface area contributed by atoms with E-state index in [1.807, 2.05) is 0 Å². The van der Waals surface area contributed by atoms with E-state index in [0.29, 0.717) is 0 Å². The molecule has 0 unspecified atom stereocenters. The zero-order valence-electron chi connectivity index (χ0n) is 5.78. The van der Waals surface area contributed by atoms with Crippen LogP contribution < -0.4 is 11.1 Å². The van der Waals surface area contributed by atoms with Crippen LogP contribution in [0.4, 0.5) is 0 Å². The molecule has 64 valence electrons. The summed E-state index contributed by atoms with van der Waals surface area (Å²) in [5.74, 6) is -1.43. The van der Waals surface area contributed by atoms with Gasteiger partial charge in [0.05, 0.1) is 12.6 Å². The Labute approximate surface area is 69.4 Å². The number of carboxylic acid groups (broad SMARTS) is 1. The van der Waals surface area contributed by atoms with Gasteiger partial charge in [-0.3, -0.25) is 14.9 Å². The van der Waals surface area contributed by atoms with Gasteiger partial charge in [-0.05, 0) is 0 Å². The monoisotopic (exact) mass is 178 g/mol. The van der Waals surface area contributed by atoms with E-state index in [1.165, 1.54) is 0 Å². The van der Waals surface area contributed by atoms with Crippen molar-refractivity contribution in [3.8, 4) is 0 Å². The van der Waals surface area contributed by atoms with Crippen LogP contribution in [-0.4, -0.2) is 35.3 Å². The summed E-state index contributed by atoms with van der Waals surface area (Å²) in [5, 5.41) is 10.6. The van der Waals surface area contributed by atoms with Crippen LogP contribution in [0, 0.1) is 0 Å². The highest BCUT2D eigenvalue weighted by Crippen LogP contribution is 1.85. The van der Waals surface area contributed by atoms with Crippen LogP contribution in [0.15, 0.2) is 0 Å². The molecule has 5 nitrogen and oxygen atoms in total. The SMILES string of the molecule is NC(=O)[C@H](CS)NCC(=O)O. The number of aliphatic carboxylic acids is 1. The molecule has 0 aromatic carbocycles. The molecule has 6 heteroatoms. The highest BCUT2D eigenvalue weighted by molar-refractivity contribution is 7.80. The van der Waals surface area contributed by atoms with E-state index in [4.69, 9.17) is 10.8 Å². The second-order valence-electron chi connectivity index (χ2n) is 1.91. The Kier molecular flexibility index (Phi) is 4.64. The maximum Gasteiger partial charge on any atom is 0.317 e. The van der Waals surface area contributed by atoms with Gasteiger partial charge < -0.3 is 10.8 Å². The quantitative estimate of drug-likeness (QED) is 0.383. The Morgan fingerprint density at radius 3 is 2.45 bits per heavy atom. The van der Waals surface area contributed by atoms with Crippen molar-refractivity contribution in [1.29, 1.82) is 0 Å². The molecule has 0 radical (unpaired) electrons. The molecular weight excluding hydrogens is 168 g/mol. The minimum atomic E-state index is -1.03. The summed E-state index contributed by atoms with van der Waals surface area (Å²) in [6.07, 6.45) is 0. The van der Waals surface area contributed by atoms with Crippen LogP contribution in [0.25, 0.3) is 0 Å². The van der Waals surface area contributed by atoms with Crippen molar-refractivity contribution < 1.29 is 14.7 Å². The van der Waals surface area contributed by atoms with Crippen molar-refractivity contribution in [3.05, 3.63) is 0 Å². The number of hydrogen-bond acceptors (Lipinski definition) is 4. The van der Waals surface area contributed by atoms with Gasteiger partial charge in [0.25, 0.3) is 0 Å². The predicted octanol–water partition coefficient (Wildman–Crippen LogP) is -1.56. The average molecular weight is 178 g/mol. The van der Waals surface area contributed by atoms with Crippen molar-refractivity contribution in [2.45, 2.75) is 6.04 Å². The highest BCUT2D eigenvalue weighted by Gasteiger charge is 2.12. The van der Waals surface area contributed by atoms with Gasteiger partial charge in [0.1, 0.15) is 0 Å². The first-order chi connectivity index (χ1) is 5.07. The number of carboxylic acids is 1. The fraction of sp³-hybridized carbons (Fsp3) is 0.600. The van der Waals surface area contributed by atoms with Gasteiger partial charge in [-0.2, -0.15) is 12.6 Å². The zero-order chi connectivity index (χ0) is 8.85. The largest absolute Gasteiger partial charge is 0.480 e. The van der Waals surface area contributed by atoms with Crippen molar-refractivity contribution in [1.82, 2.24) is 5.32 Å². The summed E-state index contributed by atoms with van der Waals surface area (Å²) in [7, 11) is 0. The van der Waals surface area contributed by atoms with Crippen LogP contribution in [0.2, 0.25) is 0 Å². The molecule has 0 bridgehead atoms. The molecule has 0 aromatic heterocycles. The first-order valence-corrected chi connectivity index (χ1v) is 3.56. The van der Waals surface area contributed by atoms with Crippen molar-refractivity contribution in [2.75, 3.05) is 12.3 Å². The normalized spacial score (nSPS) is 12.5. The maximum atomic E-state index is 10.5. The van der Waals surface area contributed by atoms with Crippen molar-refractivity contribution in [3.63, 3.8) is 0 Å². The number of rotatable bonds is 5. The molecule has 0 saturated carbocycles. The molecular formula is C5H10N2O3S. The van der Waals surface area contributed by atoms with E-state index in [0.717, 1.165) is 0 Å². The minimum Gasteiger partial charge on any atom is -0.480 e. The number of carbonyl (C=O) groups excluding carboxylic acids is 1. The second-order valence-corrected chi connectivity index (χ2v) is 2.28. The van der Waals surface area contributed by atoms with E-state index in [-0.39, 0.29) is 12.3 Å². The lowest BCUT2D eigenvalue weighted by Gasteiger charge is -2.09. The molecule has 0 aliphatic rings. The highest BCUT2D eigenvalue weighted by atomic mass is 32.1. The third-order valence-corrected chi connectivity index (χ3v) is 1.39. The standard InChI is InChI=1S/C5H10N2O3S/c6-5(10)3(2-11)7-1-4(8)9/h3,7,11H,1-2H2,(H2,6,10)(H,8,9)/t3-/m0/s1. The summed E-state index contributed by atoms with van der Waals surface area (Å²) in [6, 6.07) is -0.672. The number of thiol groups is 1. The number of nitrogens with two attached hydrogens (primary N) is 1. The van der Waals surface area contributed by atoms with Gasteiger partial charge in [0.2, 0.25) is 5.91 Å². The number of nitrogens with one attached hydrogen (secondary N) is 1. The Balaban J connectivity index is 3.70. The molecule has 0 aromatic rings. The summed E-state index contributed by atoms with van der Waals surface area (Å²) in [6.45, 7) is -0.284. The molecule has 4 N–H and O–H groups in total. The molecule has 0 saturated heterocycles. The summed E-state index contributed by atoms with van der Waals surface area (Å²) in [5.41, 5.74) is 4.89. The lowest BCUT2D eigenvalue weighted by atomic mass is 10.3. The van der Waals surface area contributed by atoms with Gasteiger partial charge in [-0.1, -0.05) is 0 Å². The van der Waals surface area contributed by atoms with Crippen molar-refractivity contribution >= 4 is 24.5 Å². The minimum absolute atomic E-state index is 0.197. The average Bonchev–Trinajstić information content (AvgIpc) is 1.87. The number of carbonyl (C=O) groups is 2. The Morgan fingerprint density at radius 1 is 1.64 bits per heavy atom. The Morgan fingerprint density at radius 2 is 2.18 bits per heavy atom. The Bertz CT molecular complexity index is 162. The van der Waals surface area contributed by atoms with Crippen LogP contribution in [0.3, 0.4) is 0 Å². The van der Waals surface area contributed by atoms with E-state index in [1.54, 1.807) is 0 Å². The summed E-state index contributed by atoms with van der Waals surface area (Å²) < 4.78 is 0. The zero-order valence-corrected chi connectivity index (χ0v) is 6.67. The molecule has 0 aliphatic carbocycles.